The first kappa shape index (κ1) is 21.8. The van der Waals surface area contributed by atoms with E-state index in [1.165, 1.54) is 31.4 Å². The Labute approximate surface area is 181 Å². The van der Waals surface area contributed by atoms with Crippen molar-refractivity contribution < 1.29 is 54.7 Å². The zero-order valence-corrected chi connectivity index (χ0v) is 16.7. The van der Waals surface area contributed by atoms with E-state index in [1.54, 1.807) is 0 Å². The molecule has 0 amide bonds. The third-order valence-electron chi connectivity index (χ3n) is 5.20. The van der Waals surface area contributed by atoms with Gasteiger partial charge in [0.1, 0.15) is 41.3 Å². The average molecular weight is 450 g/mol. The van der Waals surface area contributed by atoms with Crippen LogP contribution in [0.5, 0.6) is 34.5 Å². The molecule has 2 aromatic rings. The Hall–Kier alpha value is -3.38. The predicted molar refractivity (Wildman–Crippen MR) is 106 cm³/mol. The minimum absolute atomic E-state index is 0.00160. The third-order valence-corrected chi connectivity index (χ3v) is 5.20. The van der Waals surface area contributed by atoms with Gasteiger partial charge in [-0.25, -0.2) is 0 Å². The number of rotatable bonds is 4. The monoisotopic (exact) mass is 450 g/mol. The van der Waals surface area contributed by atoms with E-state index in [-0.39, 0.29) is 46.5 Å². The van der Waals surface area contributed by atoms with Crippen LogP contribution in [0.3, 0.4) is 0 Å². The fourth-order valence-electron chi connectivity index (χ4n) is 3.51. The summed E-state index contributed by atoms with van der Waals surface area (Å²) in [5.41, 5.74) is 0.415. The molecule has 0 aromatic heterocycles. The Morgan fingerprint density at radius 1 is 0.938 bits per heavy atom. The van der Waals surface area contributed by atoms with E-state index in [1.807, 2.05) is 0 Å². The molecule has 1 saturated heterocycles. The molecule has 0 saturated carbocycles. The van der Waals surface area contributed by atoms with Crippen LogP contribution in [-0.2, 0) is 9.47 Å². The lowest BCUT2D eigenvalue weighted by Crippen LogP contribution is -2.53. The smallest absolute Gasteiger partial charge is 0.228 e. The summed E-state index contributed by atoms with van der Waals surface area (Å²) >= 11 is 0. The lowest BCUT2D eigenvalue weighted by molar-refractivity contribution is -0.261. The summed E-state index contributed by atoms with van der Waals surface area (Å²) < 4.78 is 22.0. The zero-order valence-electron chi connectivity index (χ0n) is 16.7. The average Bonchev–Trinajstić information content (AvgIpc) is 2.75. The van der Waals surface area contributed by atoms with E-state index in [0.717, 1.165) is 6.07 Å². The van der Waals surface area contributed by atoms with Gasteiger partial charge in [0.15, 0.2) is 17.6 Å². The molecular formula is C21H22O11. The second-order valence-corrected chi connectivity index (χ2v) is 7.38. The quantitative estimate of drug-likeness (QED) is 0.322. The van der Waals surface area contributed by atoms with Gasteiger partial charge < -0.3 is 54.7 Å². The molecule has 0 spiro atoms. The lowest BCUT2D eigenvalue weighted by atomic mass is 10.00. The normalized spacial score (nSPS) is 27.1. The summed E-state index contributed by atoms with van der Waals surface area (Å²) in [6, 6.07) is 4.93. The van der Waals surface area contributed by atoms with Crippen LogP contribution in [0.4, 0.5) is 0 Å². The van der Waals surface area contributed by atoms with Crippen molar-refractivity contribution in [2.75, 3.05) is 13.7 Å². The Morgan fingerprint density at radius 2 is 1.69 bits per heavy atom. The van der Waals surface area contributed by atoms with Gasteiger partial charge in [-0.3, -0.25) is 0 Å². The first-order valence-corrected chi connectivity index (χ1v) is 9.56. The van der Waals surface area contributed by atoms with Crippen molar-refractivity contribution in [3.05, 3.63) is 41.2 Å². The Morgan fingerprint density at radius 3 is 2.41 bits per heavy atom. The van der Waals surface area contributed by atoms with E-state index < -0.39 is 42.2 Å². The van der Waals surface area contributed by atoms with E-state index in [9.17, 15) is 35.7 Å². The van der Waals surface area contributed by atoms with Crippen molar-refractivity contribution in [1.82, 2.24) is 0 Å². The molecule has 2 aliphatic heterocycles. The third kappa shape index (κ3) is 3.82. The number of hydrogen-bond donors (Lipinski definition) is 7. The van der Waals surface area contributed by atoms with Crippen molar-refractivity contribution >= 4 is 6.08 Å². The molecule has 11 nitrogen and oxygen atoms in total. The number of fused-ring (bicyclic) bond motifs is 1. The number of methoxy groups -OCH3 is 1. The van der Waals surface area contributed by atoms with Gasteiger partial charge in [-0.2, -0.15) is 0 Å². The fourth-order valence-corrected chi connectivity index (χ4v) is 3.51. The molecule has 32 heavy (non-hydrogen) atoms. The molecule has 4 rings (SSSR count). The largest absolute Gasteiger partial charge is 0.508 e. The molecule has 0 radical (unpaired) electrons. The van der Waals surface area contributed by atoms with Gasteiger partial charge in [0, 0.05) is 17.7 Å². The highest BCUT2D eigenvalue weighted by Gasteiger charge is 2.41. The Balaban J connectivity index is 1.77. The molecule has 172 valence electrons. The molecule has 1 unspecified atom stereocenters. The number of phenols is 4. The maximum absolute atomic E-state index is 10.2. The minimum Gasteiger partial charge on any atom is -0.508 e. The van der Waals surface area contributed by atoms with Crippen LogP contribution in [0.2, 0.25) is 0 Å². The first-order chi connectivity index (χ1) is 15.2. The molecule has 2 aromatic carbocycles. The number of aliphatic hydroxyl groups is 3. The predicted octanol–water partition coefficient (Wildman–Crippen LogP) is 0.448. The van der Waals surface area contributed by atoms with Gasteiger partial charge in [0.05, 0.1) is 19.3 Å². The SMILES string of the molecule is COc1cc(C2Oc3cc(O)cc(O)c3C=C2O[C@@H]2OC[C@H](O)[C@H](O)[C@H]2O)cc(O)c1O. The van der Waals surface area contributed by atoms with Gasteiger partial charge in [-0.15, -0.1) is 0 Å². The summed E-state index contributed by atoms with van der Waals surface area (Å²) in [5.74, 6) is -1.53. The van der Waals surface area contributed by atoms with Gasteiger partial charge in [0.2, 0.25) is 12.0 Å². The molecule has 0 bridgehead atoms. The fraction of sp³-hybridized carbons (Fsp3) is 0.333. The lowest BCUT2D eigenvalue weighted by Gasteiger charge is -2.37. The molecule has 2 heterocycles. The second-order valence-electron chi connectivity index (χ2n) is 7.38. The minimum atomic E-state index is -1.60. The van der Waals surface area contributed by atoms with Crippen molar-refractivity contribution in [1.29, 1.82) is 0 Å². The van der Waals surface area contributed by atoms with E-state index in [0.29, 0.717) is 0 Å². The maximum atomic E-state index is 10.2. The zero-order chi connectivity index (χ0) is 23.2. The standard InChI is InChI=1S/C21H22O11/c1-29-15-3-8(2-12(24)17(15)26)20-16(32-21-19(28)18(27)13(25)7-30-21)6-10-11(23)4-9(22)5-14(10)31-20/h2-6,13,18-28H,7H2,1H3/t13-,18-,19+,20?,21-/m0/s1. The van der Waals surface area contributed by atoms with Crippen LogP contribution in [0, 0.1) is 0 Å². The van der Waals surface area contributed by atoms with Crippen LogP contribution in [0.15, 0.2) is 30.0 Å². The van der Waals surface area contributed by atoms with E-state index in [4.69, 9.17) is 18.9 Å². The number of phenolic OH excluding ortho intramolecular Hbond substituents is 4. The van der Waals surface area contributed by atoms with Crippen LogP contribution in [0.25, 0.3) is 6.08 Å². The maximum Gasteiger partial charge on any atom is 0.228 e. The highest BCUT2D eigenvalue weighted by atomic mass is 16.7. The summed E-state index contributed by atoms with van der Waals surface area (Å²) in [5, 5.41) is 69.9. The van der Waals surface area contributed by atoms with E-state index >= 15 is 0 Å². The van der Waals surface area contributed by atoms with Crippen molar-refractivity contribution in [2.45, 2.75) is 30.7 Å². The molecule has 1 fully saturated rings. The Bertz CT molecular complexity index is 1050. The highest BCUT2D eigenvalue weighted by molar-refractivity contribution is 5.70. The molecular weight excluding hydrogens is 428 g/mol. The van der Waals surface area contributed by atoms with Crippen molar-refractivity contribution in [3.63, 3.8) is 0 Å². The second kappa shape index (κ2) is 8.28. The molecule has 0 aliphatic carbocycles. The molecule has 5 atom stereocenters. The number of benzene rings is 2. The van der Waals surface area contributed by atoms with Crippen LogP contribution >= 0.6 is 0 Å². The number of hydrogen-bond acceptors (Lipinski definition) is 11. The summed E-state index contributed by atoms with van der Waals surface area (Å²) in [7, 11) is 1.29. The number of aromatic hydroxyl groups is 4. The number of ether oxygens (including phenoxy) is 4. The van der Waals surface area contributed by atoms with Gasteiger partial charge >= 0.3 is 0 Å². The number of aliphatic hydroxyl groups excluding tert-OH is 3. The summed E-state index contributed by atoms with van der Waals surface area (Å²) in [4.78, 5) is 0. The van der Waals surface area contributed by atoms with Crippen LogP contribution < -0.4 is 9.47 Å². The van der Waals surface area contributed by atoms with Crippen molar-refractivity contribution in [2.24, 2.45) is 0 Å². The Kier molecular flexibility index (Phi) is 5.65. The van der Waals surface area contributed by atoms with E-state index in [2.05, 4.69) is 0 Å². The first-order valence-electron chi connectivity index (χ1n) is 9.56. The highest BCUT2D eigenvalue weighted by Crippen LogP contribution is 2.46. The molecule has 11 heteroatoms. The van der Waals surface area contributed by atoms with Gasteiger partial charge in [-0.05, 0) is 18.2 Å². The topological polar surface area (TPSA) is 179 Å². The molecule has 2 aliphatic rings. The van der Waals surface area contributed by atoms with Crippen LogP contribution in [-0.4, -0.2) is 74.1 Å². The molecule has 7 N–H and O–H groups in total. The summed E-state index contributed by atoms with van der Waals surface area (Å²) in [6.07, 6.45) is -5.54. The summed E-state index contributed by atoms with van der Waals surface area (Å²) in [6.45, 7) is -0.300. The van der Waals surface area contributed by atoms with Gasteiger partial charge in [0.25, 0.3) is 0 Å². The van der Waals surface area contributed by atoms with Gasteiger partial charge in [-0.1, -0.05) is 0 Å². The van der Waals surface area contributed by atoms with Crippen molar-refractivity contribution in [3.8, 4) is 34.5 Å². The van der Waals surface area contributed by atoms with Crippen LogP contribution in [0.1, 0.15) is 17.2 Å².